The fraction of sp³-hybridized carbons (Fsp3) is 0.571. The SMILES string of the molecule is CCCNc1cccc(OCCOC(C)C)c1[N+](=O)[O-]. The second-order valence-corrected chi connectivity index (χ2v) is 4.60. The Morgan fingerprint density at radius 2 is 2.10 bits per heavy atom. The molecule has 0 atom stereocenters. The minimum Gasteiger partial charge on any atom is -0.484 e. The Hall–Kier alpha value is -1.82. The van der Waals surface area contributed by atoms with Crippen molar-refractivity contribution in [2.45, 2.75) is 33.3 Å². The van der Waals surface area contributed by atoms with E-state index >= 15 is 0 Å². The molecule has 0 unspecified atom stereocenters. The van der Waals surface area contributed by atoms with Gasteiger partial charge in [-0.15, -0.1) is 0 Å². The number of rotatable bonds is 9. The number of hydrogen-bond donors (Lipinski definition) is 1. The highest BCUT2D eigenvalue weighted by Crippen LogP contribution is 2.34. The Morgan fingerprint density at radius 1 is 1.35 bits per heavy atom. The van der Waals surface area contributed by atoms with Crippen LogP contribution in [-0.2, 0) is 4.74 Å². The predicted molar refractivity (Wildman–Crippen MR) is 78.5 cm³/mol. The summed E-state index contributed by atoms with van der Waals surface area (Å²) >= 11 is 0. The molecule has 6 nitrogen and oxygen atoms in total. The van der Waals surface area contributed by atoms with Gasteiger partial charge in [-0.2, -0.15) is 0 Å². The van der Waals surface area contributed by atoms with Gasteiger partial charge in [0.2, 0.25) is 0 Å². The number of nitrogens with one attached hydrogen (secondary N) is 1. The molecule has 1 aromatic carbocycles. The second kappa shape index (κ2) is 8.37. The molecule has 0 amide bonds. The molecule has 0 radical (unpaired) electrons. The summed E-state index contributed by atoms with van der Waals surface area (Å²) in [6, 6.07) is 5.03. The van der Waals surface area contributed by atoms with Crippen LogP contribution in [0.2, 0.25) is 0 Å². The van der Waals surface area contributed by atoms with Gasteiger partial charge in [0.25, 0.3) is 0 Å². The fourth-order valence-electron chi connectivity index (χ4n) is 1.66. The Labute approximate surface area is 119 Å². The van der Waals surface area contributed by atoms with Crippen molar-refractivity contribution in [2.24, 2.45) is 0 Å². The molecule has 1 rings (SSSR count). The van der Waals surface area contributed by atoms with Crippen LogP contribution in [0.15, 0.2) is 18.2 Å². The fourth-order valence-corrected chi connectivity index (χ4v) is 1.66. The summed E-state index contributed by atoms with van der Waals surface area (Å²) in [5.74, 6) is 0.267. The largest absolute Gasteiger partial charge is 0.484 e. The summed E-state index contributed by atoms with van der Waals surface area (Å²) in [7, 11) is 0. The molecule has 6 heteroatoms. The zero-order valence-electron chi connectivity index (χ0n) is 12.2. The lowest BCUT2D eigenvalue weighted by Gasteiger charge is -2.12. The lowest BCUT2D eigenvalue weighted by Crippen LogP contribution is -2.12. The molecule has 1 N–H and O–H groups in total. The van der Waals surface area contributed by atoms with Crippen molar-refractivity contribution in [1.82, 2.24) is 0 Å². The highest BCUT2D eigenvalue weighted by atomic mass is 16.6. The maximum absolute atomic E-state index is 11.2. The first-order valence-electron chi connectivity index (χ1n) is 6.82. The average Bonchev–Trinajstić information content (AvgIpc) is 2.40. The molecular formula is C14H22N2O4. The van der Waals surface area contributed by atoms with Crippen LogP contribution in [0.4, 0.5) is 11.4 Å². The first-order chi connectivity index (χ1) is 9.56. The highest BCUT2D eigenvalue weighted by Gasteiger charge is 2.20. The van der Waals surface area contributed by atoms with Gasteiger partial charge in [-0.05, 0) is 32.4 Å². The maximum atomic E-state index is 11.2. The molecule has 0 aliphatic heterocycles. The Balaban J connectivity index is 2.76. The van der Waals surface area contributed by atoms with Gasteiger partial charge >= 0.3 is 5.69 Å². The van der Waals surface area contributed by atoms with Gasteiger partial charge in [0.15, 0.2) is 5.75 Å². The summed E-state index contributed by atoms with van der Waals surface area (Å²) in [6.07, 6.45) is 1.01. The monoisotopic (exact) mass is 282 g/mol. The van der Waals surface area contributed by atoms with E-state index in [0.717, 1.165) is 6.42 Å². The molecular weight excluding hydrogens is 260 g/mol. The van der Waals surface area contributed by atoms with Crippen LogP contribution >= 0.6 is 0 Å². The van der Waals surface area contributed by atoms with Crippen molar-refractivity contribution in [1.29, 1.82) is 0 Å². The van der Waals surface area contributed by atoms with E-state index in [9.17, 15) is 10.1 Å². The highest BCUT2D eigenvalue weighted by molar-refractivity contribution is 5.68. The van der Waals surface area contributed by atoms with Gasteiger partial charge in [0.1, 0.15) is 12.3 Å². The van der Waals surface area contributed by atoms with Crippen LogP contribution in [0.25, 0.3) is 0 Å². The molecule has 0 bridgehead atoms. The van der Waals surface area contributed by atoms with E-state index in [1.165, 1.54) is 0 Å². The zero-order valence-corrected chi connectivity index (χ0v) is 12.2. The van der Waals surface area contributed by atoms with Crippen molar-refractivity contribution in [3.8, 4) is 5.75 Å². The van der Waals surface area contributed by atoms with Crippen molar-refractivity contribution in [3.63, 3.8) is 0 Å². The van der Waals surface area contributed by atoms with Crippen LogP contribution in [0, 0.1) is 10.1 Å². The Morgan fingerprint density at radius 3 is 2.70 bits per heavy atom. The predicted octanol–water partition coefficient (Wildman–Crippen LogP) is 3.22. The lowest BCUT2D eigenvalue weighted by molar-refractivity contribution is -0.385. The molecule has 0 aliphatic carbocycles. The summed E-state index contributed by atoms with van der Waals surface area (Å²) in [4.78, 5) is 10.8. The third-order valence-corrected chi connectivity index (χ3v) is 2.54. The van der Waals surface area contributed by atoms with Gasteiger partial charge in [-0.3, -0.25) is 10.1 Å². The molecule has 0 spiro atoms. The van der Waals surface area contributed by atoms with E-state index in [2.05, 4.69) is 5.32 Å². The van der Waals surface area contributed by atoms with Crippen molar-refractivity contribution in [2.75, 3.05) is 25.1 Å². The molecule has 1 aromatic rings. The minimum atomic E-state index is -0.420. The number of ether oxygens (including phenoxy) is 2. The zero-order chi connectivity index (χ0) is 15.0. The summed E-state index contributed by atoms with van der Waals surface area (Å²) < 4.78 is 10.8. The van der Waals surface area contributed by atoms with Crippen molar-refractivity contribution < 1.29 is 14.4 Å². The summed E-state index contributed by atoms with van der Waals surface area (Å²) in [6.45, 7) is 7.23. The lowest BCUT2D eigenvalue weighted by atomic mass is 10.2. The van der Waals surface area contributed by atoms with Crippen LogP contribution in [0.1, 0.15) is 27.2 Å². The van der Waals surface area contributed by atoms with Crippen molar-refractivity contribution >= 4 is 11.4 Å². The third-order valence-electron chi connectivity index (χ3n) is 2.54. The first-order valence-corrected chi connectivity index (χ1v) is 6.82. The number of para-hydroxylation sites is 1. The van der Waals surface area contributed by atoms with E-state index in [4.69, 9.17) is 9.47 Å². The number of nitro groups is 1. The van der Waals surface area contributed by atoms with Gasteiger partial charge in [-0.1, -0.05) is 13.0 Å². The second-order valence-electron chi connectivity index (χ2n) is 4.60. The molecule has 0 aliphatic rings. The van der Waals surface area contributed by atoms with E-state index < -0.39 is 4.92 Å². The van der Waals surface area contributed by atoms with Gasteiger partial charge in [0, 0.05) is 6.54 Å². The molecule has 0 fully saturated rings. The summed E-state index contributed by atoms with van der Waals surface area (Å²) in [5.41, 5.74) is 0.463. The molecule has 20 heavy (non-hydrogen) atoms. The standard InChI is InChI=1S/C14H22N2O4/c1-4-8-15-12-6-5-7-13(14(12)16(17)18)20-10-9-19-11(2)3/h5-7,11,15H,4,8-10H2,1-3H3. The maximum Gasteiger partial charge on any atom is 0.333 e. The minimum absolute atomic E-state index is 0.0227. The summed E-state index contributed by atoms with van der Waals surface area (Å²) in [5, 5.41) is 14.2. The number of nitro benzene ring substituents is 1. The number of anilines is 1. The van der Waals surface area contributed by atoms with Gasteiger partial charge in [0.05, 0.1) is 17.6 Å². The molecule has 0 saturated heterocycles. The third kappa shape index (κ3) is 5.05. The van der Waals surface area contributed by atoms with Crippen LogP contribution in [0.5, 0.6) is 5.75 Å². The van der Waals surface area contributed by atoms with Crippen molar-refractivity contribution in [3.05, 3.63) is 28.3 Å². The number of benzene rings is 1. The normalized spacial score (nSPS) is 10.6. The van der Waals surface area contributed by atoms with Crippen LogP contribution < -0.4 is 10.1 Å². The smallest absolute Gasteiger partial charge is 0.333 e. The Bertz CT molecular complexity index is 435. The molecule has 0 saturated carbocycles. The number of hydrogen-bond acceptors (Lipinski definition) is 5. The van der Waals surface area contributed by atoms with E-state index in [1.807, 2.05) is 20.8 Å². The Kier molecular flexibility index (Phi) is 6.79. The van der Waals surface area contributed by atoms with Gasteiger partial charge in [-0.25, -0.2) is 0 Å². The van der Waals surface area contributed by atoms with Gasteiger partial charge < -0.3 is 14.8 Å². The quantitative estimate of drug-likeness (QED) is 0.427. The van der Waals surface area contributed by atoms with Crippen LogP contribution in [0.3, 0.4) is 0 Å². The molecule has 0 aromatic heterocycles. The molecule has 0 heterocycles. The van der Waals surface area contributed by atoms with E-state index in [1.54, 1.807) is 18.2 Å². The first kappa shape index (κ1) is 16.2. The van der Waals surface area contributed by atoms with Crippen LogP contribution in [-0.4, -0.2) is 30.8 Å². The number of nitrogens with zero attached hydrogens (tertiary/aromatic N) is 1. The van der Waals surface area contributed by atoms with E-state index in [-0.39, 0.29) is 24.1 Å². The average molecular weight is 282 g/mol. The topological polar surface area (TPSA) is 73.6 Å². The van der Waals surface area contributed by atoms with E-state index in [0.29, 0.717) is 18.8 Å². The molecule has 112 valence electrons.